The van der Waals surface area contributed by atoms with E-state index in [1.807, 2.05) is 16.8 Å². The predicted octanol–water partition coefficient (Wildman–Crippen LogP) is -0.230. The lowest BCUT2D eigenvalue weighted by Gasteiger charge is -2.42. The van der Waals surface area contributed by atoms with Crippen LogP contribution in [0.25, 0.3) is 0 Å². The molecule has 3 aliphatic heterocycles. The van der Waals surface area contributed by atoms with Crippen molar-refractivity contribution in [3.05, 3.63) is 0 Å². The highest BCUT2D eigenvalue weighted by atomic mass is 16.5. The molecule has 3 saturated heterocycles. The lowest BCUT2D eigenvalue weighted by Crippen LogP contribution is -2.61. The lowest BCUT2D eigenvalue weighted by molar-refractivity contribution is -0.143. The third-order valence-corrected chi connectivity index (χ3v) is 6.12. The van der Waals surface area contributed by atoms with E-state index in [-0.39, 0.29) is 30.4 Å². The first-order valence-electron chi connectivity index (χ1n) is 10.6. The van der Waals surface area contributed by atoms with E-state index in [2.05, 4.69) is 18.7 Å². The third kappa shape index (κ3) is 4.83. The van der Waals surface area contributed by atoms with Gasteiger partial charge in [-0.2, -0.15) is 0 Å². The Morgan fingerprint density at radius 3 is 2.38 bits per heavy atom. The zero-order valence-electron chi connectivity index (χ0n) is 18.2. The summed E-state index contributed by atoms with van der Waals surface area (Å²) in [6.07, 6.45) is 0.630. The van der Waals surface area contributed by atoms with Crippen LogP contribution in [0.1, 0.15) is 20.3 Å². The summed E-state index contributed by atoms with van der Waals surface area (Å²) in [5, 5.41) is 0. The predicted molar refractivity (Wildman–Crippen MR) is 108 cm³/mol. The fourth-order valence-electron chi connectivity index (χ4n) is 4.46. The minimum absolute atomic E-state index is 0.00530. The van der Waals surface area contributed by atoms with E-state index in [0.717, 1.165) is 13.1 Å². The van der Waals surface area contributed by atoms with Crippen molar-refractivity contribution < 1.29 is 19.1 Å². The monoisotopic (exact) mass is 409 g/mol. The maximum absolute atomic E-state index is 13.1. The van der Waals surface area contributed by atoms with Crippen LogP contribution in [-0.4, -0.2) is 128 Å². The summed E-state index contributed by atoms with van der Waals surface area (Å²) in [6, 6.07) is -0.703. The summed E-state index contributed by atoms with van der Waals surface area (Å²) < 4.78 is 5.15. The number of hydrogen-bond donors (Lipinski definition) is 0. The zero-order chi connectivity index (χ0) is 21.1. The van der Waals surface area contributed by atoms with Crippen molar-refractivity contribution in [2.24, 2.45) is 5.92 Å². The molecule has 29 heavy (non-hydrogen) atoms. The molecule has 3 rings (SSSR count). The van der Waals surface area contributed by atoms with Gasteiger partial charge >= 0.3 is 6.03 Å². The van der Waals surface area contributed by atoms with Crippen LogP contribution in [0, 0.1) is 5.92 Å². The topological polar surface area (TPSA) is 76.6 Å². The zero-order valence-corrected chi connectivity index (χ0v) is 18.2. The molecule has 0 N–H and O–H groups in total. The Hall–Kier alpha value is -1.87. The Morgan fingerprint density at radius 1 is 1.10 bits per heavy atom. The molecule has 0 radical (unpaired) electrons. The van der Waals surface area contributed by atoms with Crippen LogP contribution in [0.2, 0.25) is 0 Å². The van der Waals surface area contributed by atoms with Gasteiger partial charge in [0.2, 0.25) is 11.8 Å². The number of likely N-dealkylation sites (N-methyl/N-ethyl adjacent to an activating group) is 1. The molecule has 2 atom stereocenters. The second kappa shape index (κ2) is 9.30. The highest BCUT2D eigenvalue weighted by Crippen LogP contribution is 2.29. The molecule has 3 aliphatic rings. The Morgan fingerprint density at radius 2 is 1.76 bits per heavy atom. The molecule has 3 heterocycles. The number of amides is 4. The smallest absolute Gasteiger partial charge is 0.321 e. The minimum atomic E-state index is -0.457. The molecule has 0 bridgehead atoms. The van der Waals surface area contributed by atoms with Crippen molar-refractivity contribution in [2.45, 2.75) is 32.4 Å². The second-order valence-corrected chi connectivity index (χ2v) is 8.83. The Balaban J connectivity index is 1.69. The molecule has 164 valence electrons. The molecule has 0 unspecified atom stereocenters. The van der Waals surface area contributed by atoms with Gasteiger partial charge in [-0.25, -0.2) is 4.79 Å². The van der Waals surface area contributed by atoms with Crippen molar-refractivity contribution >= 4 is 17.8 Å². The van der Waals surface area contributed by atoms with E-state index in [4.69, 9.17) is 4.74 Å². The number of fused-ring (bicyclic) bond motifs is 1. The fraction of sp³-hybridized carbons (Fsp3) is 0.850. The summed E-state index contributed by atoms with van der Waals surface area (Å²) in [5.74, 6) is 0.280. The minimum Gasteiger partial charge on any atom is -0.383 e. The molecule has 0 saturated carbocycles. The lowest BCUT2D eigenvalue weighted by atomic mass is 9.97. The Labute approximate surface area is 173 Å². The van der Waals surface area contributed by atoms with Crippen LogP contribution in [0.15, 0.2) is 0 Å². The van der Waals surface area contributed by atoms with Gasteiger partial charge in [0.15, 0.2) is 0 Å². The first-order chi connectivity index (χ1) is 13.8. The summed E-state index contributed by atoms with van der Waals surface area (Å²) in [7, 11) is 3.67. The van der Waals surface area contributed by atoms with Gasteiger partial charge in [0.05, 0.1) is 12.6 Å². The maximum atomic E-state index is 13.1. The van der Waals surface area contributed by atoms with Crippen molar-refractivity contribution in [3.8, 4) is 0 Å². The van der Waals surface area contributed by atoms with Crippen LogP contribution in [0.3, 0.4) is 0 Å². The van der Waals surface area contributed by atoms with Crippen LogP contribution in [0.5, 0.6) is 0 Å². The molecule has 0 aromatic heterocycles. The number of methoxy groups -OCH3 is 1. The number of piperazine rings is 2. The van der Waals surface area contributed by atoms with Gasteiger partial charge in [-0.3, -0.25) is 9.59 Å². The normalized spacial score (nSPS) is 26.0. The number of urea groups is 1. The largest absolute Gasteiger partial charge is 0.383 e. The number of hydrogen-bond acceptors (Lipinski definition) is 5. The summed E-state index contributed by atoms with van der Waals surface area (Å²) in [5.41, 5.74) is 0. The van der Waals surface area contributed by atoms with Gasteiger partial charge in [-0.1, -0.05) is 13.8 Å². The average Bonchev–Trinajstić information content (AvgIpc) is 2.98. The third-order valence-electron chi connectivity index (χ3n) is 6.12. The summed E-state index contributed by atoms with van der Waals surface area (Å²) in [4.78, 5) is 48.1. The molecule has 3 fully saturated rings. The van der Waals surface area contributed by atoms with Gasteiger partial charge in [0.25, 0.3) is 0 Å². The summed E-state index contributed by atoms with van der Waals surface area (Å²) >= 11 is 0. The first-order valence-corrected chi connectivity index (χ1v) is 10.6. The first kappa shape index (κ1) is 21.8. The molecule has 0 aromatic rings. The van der Waals surface area contributed by atoms with Crippen molar-refractivity contribution in [1.29, 1.82) is 0 Å². The van der Waals surface area contributed by atoms with E-state index < -0.39 is 6.04 Å². The van der Waals surface area contributed by atoms with Crippen molar-refractivity contribution in [1.82, 2.24) is 24.5 Å². The molecule has 0 aromatic carbocycles. The number of nitrogens with zero attached hydrogens (tertiary/aromatic N) is 5. The van der Waals surface area contributed by atoms with Gasteiger partial charge in [-0.05, 0) is 19.4 Å². The molecule has 9 nitrogen and oxygen atoms in total. The fourth-order valence-corrected chi connectivity index (χ4v) is 4.46. The van der Waals surface area contributed by atoms with Crippen LogP contribution in [-0.2, 0) is 14.3 Å². The second-order valence-electron chi connectivity index (χ2n) is 8.83. The van der Waals surface area contributed by atoms with Crippen LogP contribution in [0.4, 0.5) is 4.79 Å². The Kier molecular flexibility index (Phi) is 7.00. The van der Waals surface area contributed by atoms with E-state index in [9.17, 15) is 14.4 Å². The molecule has 0 aliphatic carbocycles. The van der Waals surface area contributed by atoms with E-state index in [1.54, 1.807) is 16.9 Å². The van der Waals surface area contributed by atoms with Crippen LogP contribution >= 0.6 is 0 Å². The van der Waals surface area contributed by atoms with Crippen LogP contribution < -0.4 is 0 Å². The number of carbonyl (C=O) groups excluding carboxylic acids is 3. The summed E-state index contributed by atoms with van der Waals surface area (Å²) in [6.45, 7) is 9.32. The van der Waals surface area contributed by atoms with Gasteiger partial charge in [-0.15, -0.1) is 0 Å². The van der Waals surface area contributed by atoms with Crippen molar-refractivity contribution in [2.75, 3.05) is 73.1 Å². The maximum Gasteiger partial charge on any atom is 0.321 e. The average molecular weight is 410 g/mol. The van der Waals surface area contributed by atoms with Gasteiger partial charge in [0, 0.05) is 52.9 Å². The molecular formula is C20H35N5O4. The number of carbonyl (C=O) groups is 3. The number of ether oxygens (including phenoxy) is 1. The van der Waals surface area contributed by atoms with E-state index in [1.165, 1.54) is 0 Å². The van der Waals surface area contributed by atoms with Gasteiger partial charge in [0.1, 0.15) is 12.6 Å². The van der Waals surface area contributed by atoms with Crippen molar-refractivity contribution in [3.63, 3.8) is 0 Å². The standard InChI is InChI=1S/C20H35N5O4/c1-15(2)11-17-19(27)23(9-10-29-4)12-16-13-24(20(28)25(16)17)14-18(26)22-7-5-21(3)6-8-22/h15-17H,5-14H2,1-4H3/t16-,17+/m1/s1. The quantitative estimate of drug-likeness (QED) is 0.581. The molecule has 9 heteroatoms. The molecule has 0 spiro atoms. The molecule has 4 amide bonds. The highest BCUT2D eigenvalue weighted by molar-refractivity contribution is 5.92. The SMILES string of the molecule is COCCN1C[C@@H]2CN(CC(=O)N3CCN(C)CC3)C(=O)N2[C@@H](CC(C)C)C1=O. The van der Waals surface area contributed by atoms with E-state index in [0.29, 0.717) is 51.7 Å². The number of rotatable bonds is 7. The van der Waals surface area contributed by atoms with Gasteiger partial charge < -0.3 is 29.2 Å². The Bertz CT molecular complexity index is 620. The highest BCUT2D eigenvalue weighted by Gasteiger charge is 2.49. The van der Waals surface area contributed by atoms with E-state index >= 15 is 0 Å². The molecular weight excluding hydrogens is 374 g/mol.